The van der Waals surface area contributed by atoms with E-state index >= 15 is 0 Å². The quantitative estimate of drug-likeness (QED) is 0.834. The number of aromatic nitrogens is 1. The van der Waals surface area contributed by atoms with Gasteiger partial charge in [-0.1, -0.05) is 18.2 Å². The van der Waals surface area contributed by atoms with E-state index in [1.165, 1.54) is 0 Å². The third-order valence-electron chi connectivity index (χ3n) is 2.82. The van der Waals surface area contributed by atoms with Crippen LogP contribution < -0.4 is 10.1 Å². The molecule has 0 amide bonds. The molecule has 0 aliphatic rings. The lowest BCUT2D eigenvalue weighted by atomic mass is 10.1. The van der Waals surface area contributed by atoms with Crippen molar-refractivity contribution < 1.29 is 9.84 Å². The average molecular weight is 258 g/mol. The summed E-state index contributed by atoms with van der Waals surface area (Å²) in [5, 5.41) is 12.2. The minimum absolute atomic E-state index is 0.181. The van der Waals surface area contributed by atoms with Crippen molar-refractivity contribution in [1.29, 1.82) is 0 Å². The van der Waals surface area contributed by atoms with Crippen LogP contribution >= 0.6 is 0 Å². The molecule has 0 aliphatic heterocycles. The summed E-state index contributed by atoms with van der Waals surface area (Å²) in [4.78, 5) is 4.34. The van der Waals surface area contributed by atoms with E-state index in [4.69, 9.17) is 9.84 Å². The van der Waals surface area contributed by atoms with Gasteiger partial charge in [0.2, 0.25) is 5.88 Å². The van der Waals surface area contributed by atoms with Gasteiger partial charge in [-0.05, 0) is 30.2 Å². The Morgan fingerprint density at radius 2 is 1.95 bits per heavy atom. The SMILES string of the molecule is COc1cccc(CNc2ccc(CCO)cc2)n1. The lowest BCUT2D eigenvalue weighted by molar-refractivity contribution is 0.299. The number of anilines is 1. The molecule has 19 heavy (non-hydrogen) atoms. The van der Waals surface area contributed by atoms with Crippen LogP contribution in [-0.2, 0) is 13.0 Å². The zero-order valence-electron chi connectivity index (χ0n) is 11.0. The van der Waals surface area contributed by atoms with E-state index in [2.05, 4.69) is 10.3 Å². The smallest absolute Gasteiger partial charge is 0.213 e. The van der Waals surface area contributed by atoms with Crippen molar-refractivity contribution >= 4 is 5.69 Å². The van der Waals surface area contributed by atoms with Gasteiger partial charge in [0.15, 0.2) is 0 Å². The lowest BCUT2D eigenvalue weighted by Crippen LogP contribution is -2.02. The van der Waals surface area contributed by atoms with Gasteiger partial charge < -0.3 is 15.2 Å². The molecule has 0 unspecified atom stereocenters. The van der Waals surface area contributed by atoms with Crippen LogP contribution in [0.15, 0.2) is 42.5 Å². The zero-order chi connectivity index (χ0) is 13.5. The fraction of sp³-hybridized carbons (Fsp3) is 0.267. The van der Waals surface area contributed by atoms with Crippen LogP contribution in [0.3, 0.4) is 0 Å². The van der Waals surface area contributed by atoms with Crippen molar-refractivity contribution in [2.75, 3.05) is 19.0 Å². The number of nitrogens with zero attached hydrogens (tertiary/aromatic N) is 1. The minimum Gasteiger partial charge on any atom is -0.481 e. The molecular formula is C15H18N2O2. The number of benzene rings is 1. The molecule has 0 saturated heterocycles. The number of rotatable bonds is 6. The first-order chi connectivity index (χ1) is 9.31. The van der Waals surface area contributed by atoms with Crippen molar-refractivity contribution in [1.82, 2.24) is 4.98 Å². The Balaban J connectivity index is 1.94. The summed E-state index contributed by atoms with van der Waals surface area (Å²) >= 11 is 0. The van der Waals surface area contributed by atoms with Crippen LogP contribution in [0.25, 0.3) is 0 Å². The van der Waals surface area contributed by atoms with Gasteiger partial charge in [0.25, 0.3) is 0 Å². The molecule has 4 nitrogen and oxygen atoms in total. The fourth-order valence-electron chi connectivity index (χ4n) is 1.78. The maximum atomic E-state index is 8.85. The number of methoxy groups -OCH3 is 1. The number of aliphatic hydroxyl groups excluding tert-OH is 1. The predicted molar refractivity (Wildman–Crippen MR) is 75.3 cm³/mol. The molecule has 0 aliphatic carbocycles. The first kappa shape index (κ1) is 13.4. The summed E-state index contributed by atoms with van der Waals surface area (Å²) in [6, 6.07) is 13.7. The molecule has 1 heterocycles. The molecule has 4 heteroatoms. The zero-order valence-corrected chi connectivity index (χ0v) is 11.0. The highest BCUT2D eigenvalue weighted by Gasteiger charge is 1.98. The van der Waals surface area contributed by atoms with Crippen molar-refractivity contribution in [3.05, 3.63) is 53.7 Å². The molecule has 0 atom stereocenters. The summed E-state index contributed by atoms with van der Waals surface area (Å²) in [5.74, 6) is 0.623. The van der Waals surface area contributed by atoms with Crippen molar-refractivity contribution in [2.24, 2.45) is 0 Å². The number of pyridine rings is 1. The molecule has 2 aromatic rings. The van der Waals surface area contributed by atoms with Gasteiger partial charge >= 0.3 is 0 Å². The Kier molecular flexibility index (Phi) is 4.75. The number of aliphatic hydroxyl groups is 1. The van der Waals surface area contributed by atoms with Gasteiger partial charge in [0.05, 0.1) is 19.3 Å². The molecule has 0 spiro atoms. The van der Waals surface area contributed by atoms with Gasteiger partial charge in [0.1, 0.15) is 0 Å². The monoisotopic (exact) mass is 258 g/mol. The van der Waals surface area contributed by atoms with Crippen molar-refractivity contribution in [3.63, 3.8) is 0 Å². The van der Waals surface area contributed by atoms with E-state index in [9.17, 15) is 0 Å². The second kappa shape index (κ2) is 6.75. The van der Waals surface area contributed by atoms with E-state index in [-0.39, 0.29) is 6.61 Å². The number of hydrogen-bond donors (Lipinski definition) is 2. The Hall–Kier alpha value is -2.07. The molecule has 0 saturated carbocycles. The molecule has 0 bridgehead atoms. The first-order valence-corrected chi connectivity index (χ1v) is 6.25. The highest BCUT2D eigenvalue weighted by Crippen LogP contribution is 2.12. The molecule has 2 N–H and O–H groups in total. The highest BCUT2D eigenvalue weighted by atomic mass is 16.5. The topological polar surface area (TPSA) is 54.4 Å². The Bertz CT molecular complexity index is 512. The maximum absolute atomic E-state index is 8.85. The van der Waals surface area contributed by atoms with Crippen LogP contribution in [0.2, 0.25) is 0 Å². The predicted octanol–water partition coefficient (Wildman–Crippen LogP) is 2.24. The Labute approximate surface area is 113 Å². The molecule has 1 aromatic carbocycles. The van der Waals surface area contributed by atoms with Crippen LogP contribution in [0.1, 0.15) is 11.3 Å². The summed E-state index contributed by atoms with van der Waals surface area (Å²) < 4.78 is 5.09. The summed E-state index contributed by atoms with van der Waals surface area (Å²) in [6.45, 7) is 0.830. The summed E-state index contributed by atoms with van der Waals surface area (Å²) in [7, 11) is 1.61. The number of nitrogens with one attached hydrogen (secondary N) is 1. The Morgan fingerprint density at radius 3 is 2.63 bits per heavy atom. The maximum Gasteiger partial charge on any atom is 0.213 e. The molecule has 2 rings (SSSR count). The van der Waals surface area contributed by atoms with Crippen molar-refractivity contribution in [2.45, 2.75) is 13.0 Å². The van der Waals surface area contributed by atoms with Crippen LogP contribution in [0.4, 0.5) is 5.69 Å². The lowest BCUT2D eigenvalue weighted by Gasteiger charge is -2.08. The Morgan fingerprint density at radius 1 is 1.16 bits per heavy atom. The van der Waals surface area contributed by atoms with Crippen molar-refractivity contribution in [3.8, 4) is 5.88 Å². The summed E-state index contributed by atoms with van der Waals surface area (Å²) in [5.41, 5.74) is 3.10. The molecule has 100 valence electrons. The van der Waals surface area contributed by atoms with Gasteiger partial charge in [0, 0.05) is 18.4 Å². The third-order valence-corrected chi connectivity index (χ3v) is 2.82. The van der Waals surface area contributed by atoms with Gasteiger partial charge in [-0.2, -0.15) is 0 Å². The van der Waals surface area contributed by atoms with Gasteiger partial charge in [-0.25, -0.2) is 4.98 Å². The molecule has 0 fully saturated rings. The standard InChI is InChI=1S/C15H18N2O2/c1-19-15-4-2-3-14(17-15)11-16-13-7-5-12(6-8-13)9-10-18/h2-8,16,18H,9-11H2,1H3. The fourth-order valence-corrected chi connectivity index (χ4v) is 1.78. The normalized spacial score (nSPS) is 10.2. The van der Waals surface area contributed by atoms with E-state index in [1.54, 1.807) is 7.11 Å². The van der Waals surface area contributed by atoms with Gasteiger partial charge in [-0.3, -0.25) is 0 Å². The highest BCUT2D eigenvalue weighted by molar-refractivity contribution is 5.45. The van der Waals surface area contributed by atoms with E-state index < -0.39 is 0 Å². The van der Waals surface area contributed by atoms with Crippen LogP contribution in [0.5, 0.6) is 5.88 Å². The van der Waals surface area contributed by atoms with Crippen LogP contribution in [-0.4, -0.2) is 23.8 Å². The summed E-state index contributed by atoms with van der Waals surface area (Å²) in [6.07, 6.45) is 0.692. The van der Waals surface area contributed by atoms with E-state index in [0.29, 0.717) is 18.8 Å². The van der Waals surface area contributed by atoms with Gasteiger partial charge in [-0.15, -0.1) is 0 Å². The largest absolute Gasteiger partial charge is 0.481 e. The van der Waals surface area contributed by atoms with E-state index in [0.717, 1.165) is 16.9 Å². The minimum atomic E-state index is 0.181. The second-order valence-electron chi connectivity index (χ2n) is 4.20. The molecule has 0 radical (unpaired) electrons. The number of hydrogen-bond acceptors (Lipinski definition) is 4. The molecular weight excluding hydrogens is 240 g/mol. The molecule has 1 aromatic heterocycles. The third kappa shape index (κ3) is 3.96. The number of ether oxygens (including phenoxy) is 1. The van der Waals surface area contributed by atoms with E-state index in [1.807, 2.05) is 42.5 Å². The first-order valence-electron chi connectivity index (χ1n) is 6.25. The second-order valence-corrected chi connectivity index (χ2v) is 4.20. The average Bonchev–Trinajstić information content (AvgIpc) is 2.47. The van der Waals surface area contributed by atoms with Crippen LogP contribution in [0, 0.1) is 0 Å².